The molecule has 2 aliphatic carbocycles. The van der Waals surface area contributed by atoms with Gasteiger partial charge in [0.1, 0.15) is 0 Å². The predicted octanol–water partition coefficient (Wildman–Crippen LogP) is 7.67. The molecule has 35 heavy (non-hydrogen) atoms. The molecule has 0 aliphatic heterocycles. The quantitative estimate of drug-likeness (QED) is 0.213. The molecule has 4 heteroatoms. The van der Waals surface area contributed by atoms with Crippen LogP contribution in [0.1, 0.15) is 75.0 Å². The van der Waals surface area contributed by atoms with E-state index in [9.17, 15) is 4.79 Å². The number of aromatic nitrogens is 2. The van der Waals surface area contributed by atoms with Gasteiger partial charge >= 0.3 is 0 Å². The summed E-state index contributed by atoms with van der Waals surface area (Å²) in [5, 5.41) is 0.720. The molecule has 0 amide bonds. The topological polar surface area (TPSA) is 45.8 Å². The van der Waals surface area contributed by atoms with Crippen molar-refractivity contribution in [1.82, 2.24) is 9.97 Å². The van der Waals surface area contributed by atoms with Crippen LogP contribution in [0.25, 0.3) is 11.3 Å². The number of aromatic amines is 1. The highest BCUT2D eigenvalue weighted by Crippen LogP contribution is 2.48. The van der Waals surface area contributed by atoms with Crippen LogP contribution in [0.15, 0.2) is 76.7 Å². The lowest BCUT2D eigenvalue weighted by atomic mass is 9.60. The van der Waals surface area contributed by atoms with E-state index in [-0.39, 0.29) is 11.0 Å². The van der Waals surface area contributed by atoms with Gasteiger partial charge in [-0.3, -0.25) is 4.79 Å². The Kier molecular flexibility index (Phi) is 7.29. The maximum Gasteiger partial charge on any atom is 0.255 e. The molecule has 0 radical (unpaired) electrons. The maximum absolute atomic E-state index is 13.6. The number of fused-ring (bicyclic) bond motifs is 3. The van der Waals surface area contributed by atoms with Crippen LogP contribution in [0.4, 0.5) is 0 Å². The minimum absolute atomic E-state index is 0.0572. The van der Waals surface area contributed by atoms with Gasteiger partial charge in [-0.2, -0.15) is 0 Å². The molecule has 5 rings (SSSR count). The molecule has 0 spiro atoms. The summed E-state index contributed by atoms with van der Waals surface area (Å²) in [7, 11) is 0. The Bertz CT molecular complexity index is 1240. The van der Waals surface area contributed by atoms with Crippen LogP contribution < -0.4 is 5.56 Å². The molecule has 2 aliphatic rings. The zero-order valence-corrected chi connectivity index (χ0v) is 21.7. The lowest BCUT2D eigenvalue weighted by molar-refractivity contribution is 0.213. The molecule has 1 N–H and O–H groups in total. The Morgan fingerprint density at radius 1 is 1.06 bits per heavy atom. The van der Waals surface area contributed by atoms with Crippen molar-refractivity contribution in [3.05, 3.63) is 93.8 Å². The summed E-state index contributed by atoms with van der Waals surface area (Å²) >= 11 is 1.61. The summed E-state index contributed by atoms with van der Waals surface area (Å²) in [6, 6.07) is 19.2. The fourth-order valence-electron chi connectivity index (χ4n) is 6.14. The van der Waals surface area contributed by atoms with Gasteiger partial charge in [-0.05, 0) is 48.6 Å². The van der Waals surface area contributed by atoms with E-state index in [1.54, 1.807) is 11.8 Å². The third-order valence-corrected chi connectivity index (χ3v) is 8.97. The van der Waals surface area contributed by atoms with E-state index in [1.165, 1.54) is 43.2 Å². The van der Waals surface area contributed by atoms with Gasteiger partial charge in [0.2, 0.25) is 0 Å². The van der Waals surface area contributed by atoms with Gasteiger partial charge in [-0.1, -0.05) is 112 Å². The van der Waals surface area contributed by atoms with Crippen molar-refractivity contribution >= 4 is 11.8 Å². The Morgan fingerprint density at radius 3 is 2.60 bits per heavy atom. The van der Waals surface area contributed by atoms with E-state index in [1.807, 2.05) is 0 Å². The number of thioether (sulfide) groups is 1. The molecule has 1 saturated carbocycles. The largest absolute Gasteiger partial charge is 0.301 e. The van der Waals surface area contributed by atoms with E-state index in [4.69, 9.17) is 4.98 Å². The summed E-state index contributed by atoms with van der Waals surface area (Å²) in [6.07, 6.45) is 12.7. The van der Waals surface area contributed by atoms with Crippen LogP contribution in [0.5, 0.6) is 0 Å². The Morgan fingerprint density at radius 2 is 1.80 bits per heavy atom. The minimum atomic E-state index is -0.151. The SMILES string of the molecule is C[C@@H](C/C=C/CSc1nc2c(c(=O)[nH]1)[C@@](C)(C1CCCCC1)Cc1ccccc1-2)c1ccccc1. The standard InChI is InChI=1S/C31H36N2OS/c1-22(23-14-5-3-6-15-23)13-11-12-20-35-30-32-28-26-19-10-9-16-24(26)21-31(2,27(28)29(34)33-30)25-17-7-4-8-18-25/h3,5-6,9-12,14-16,19,22,25H,4,7-8,13,17-18,20-21H2,1-2H3,(H,32,33,34)/b12-11+/t22-,31+/m0/s1. The smallest absolute Gasteiger partial charge is 0.255 e. The lowest BCUT2D eigenvalue weighted by Gasteiger charge is -2.43. The van der Waals surface area contributed by atoms with Gasteiger partial charge in [0.05, 0.1) is 11.3 Å². The van der Waals surface area contributed by atoms with Crippen LogP contribution >= 0.6 is 11.8 Å². The highest BCUT2D eigenvalue weighted by Gasteiger charge is 2.44. The monoisotopic (exact) mass is 484 g/mol. The fourth-order valence-corrected chi connectivity index (χ4v) is 6.85. The molecule has 0 bridgehead atoms. The fraction of sp³-hybridized carbons (Fsp3) is 0.419. The van der Waals surface area contributed by atoms with Crippen molar-refractivity contribution in [3.8, 4) is 11.3 Å². The maximum atomic E-state index is 13.6. The number of nitrogens with one attached hydrogen (secondary N) is 1. The number of benzene rings is 2. The number of nitrogens with zero attached hydrogens (tertiary/aromatic N) is 1. The van der Waals surface area contributed by atoms with Gasteiger partial charge in [0, 0.05) is 16.7 Å². The van der Waals surface area contributed by atoms with Crippen LogP contribution in [0.3, 0.4) is 0 Å². The van der Waals surface area contributed by atoms with Gasteiger partial charge in [0.25, 0.3) is 5.56 Å². The number of allylic oxidation sites excluding steroid dienone is 1. The van der Waals surface area contributed by atoms with Crippen LogP contribution in [0.2, 0.25) is 0 Å². The van der Waals surface area contributed by atoms with Crippen LogP contribution in [0, 0.1) is 5.92 Å². The van der Waals surface area contributed by atoms with Gasteiger partial charge in [-0.15, -0.1) is 0 Å². The summed E-state index contributed by atoms with van der Waals surface area (Å²) in [5.74, 6) is 1.83. The first-order chi connectivity index (χ1) is 17.1. The summed E-state index contributed by atoms with van der Waals surface area (Å²) in [5.41, 5.74) is 5.56. The van der Waals surface area contributed by atoms with Crippen molar-refractivity contribution in [2.24, 2.45) is 5.92 Å². The molecule has 1 fully saturated rings. The van der Waals surface area contributed by atoms with Gasteiger partial charge in [-0.25, -0.2) is 4.98 Å². The van der Waals surface area contributed by atoms with E-state index in [2.05, 4.69) is 85.6 Å². The molecule has 0 unspecified atom stereocenters. The Labute approximate surface area is 213 Å². The first kappa shape index (κ1) is 24.1. The van der Waals surface area contributed by atoms with Crippen molar-refractivity contribution in [2.45, 2.75) is 75.3 Å². The molecule has 3 aromatic rings. The summed E-state index contributed by atoms with van der Waals surface area (Å²) in [6.45, 7) is 4.58. The molecule has 1 heterocycles. The number of rotatable bonds is 7. The van der Waals surface area contributed by atoms with E-state index in [0.717, 1.165) is 40.6 Å². The van der Waals surface area contributed by atoms with Gasteiger partial charge < -0.3 is 4.98 Å². The lowest BCUT2D eigenvalue weighted by Crippen LogP contribution is -2.43. The first-order valence-electron chi connectivity index (χ1n) is 13.1. The second-order valence-corrected chi connectivity index (χ2v) is 11.5. The van der Waals surface area contributed by atoms with Gasteiger partial charge in [0.15, 0.2) is 5.16 Å². The molecule has 182 valence electrons. The molecule has 0 saturated heterocycles. The third-order valence-electron chi connectivity index (χ3n) is 8.15. The van der Waals surface area contributed by atoms with E-state index >= 15 is 0 Å². The Hall–Kier alpha value is -2.59. The zero-order chi connectivity index (χ0) is 24.3. The zero-order valence-electron chi connectivity index (χ0n) is 20.9. The number of hydrogen-bond acceptors (Lipinski definition) is 3. The highest BCUT2D eigenvalue weighted by atomic mass is 32.2. The third kappa shape index (κ3) is 5.04. The van der Waals surface area contributed by atoms with Crippen molar-refractivity contribution in [1.29, 1.82) is 0 Å². The molecule has 3 nitrogen and oxygen atoms in total. The average Bonchev–Trinajstić information content (AvgIpc) is 2.89. The summed E-state index contributed by atoms with van der Waals surface area (Å²) in [4.78, 5) is 21.8. The van der Waals surface area contributed by atoms with Crippen molar-refractivity contribution in [3.63, 3.8) is 0 Å². The first-order valence-corrected chi connectivity index (χ1v) is 14.1. The second-order valence-electron chi connectivity index (χ2n) is 10.5. The minimum Gasteiger partial charge on any atom is -0.301 e. The van der Waals surface area contributed by atoms with Crippen molar-refractivity contribution < 1.29 is 0 Å². The normalized spacial score (nSPS) is 21.0. The van der Waals surface area contributed by atoms with Crippen molar-refractivity contribution in [2.75, 3.05) is 5.75 Å². The Balaban J connectivity index is 1.36. The average molecular weight is 485 g/mol. The predicted molar refractivity (Wildman–Crippen MR) is 147 cm³/mol. The molecular formula is C31H36N2OS. The summed E-state index contributed by atoms with van der Waals surface area (Å²) < 4.78 is 0. The number of H-pyrrole nitrogens is 1. The molecule has 2 atom stereocenters. The molecule has 1 aromatic heterocycles. The van der Waals surface area contributed by atoms with E-state index in [0.29, 0.717) is 11.8 Å². The highest BCUT2D eigenvalue weighted by molar-refractivity contribution is 7.99. The van der Waals surface area contributed by atoms with Crippen LogP contribution in [-0.4, -0.2) is 15.7 Å². The van der Waals surface area contributed by atoms with Crippen LogP contribution in [-0.2, 0) is 11.8 Å². The molecular weight excluding hydrogens is 448 g/mol. The molecule has 2 aromatic carbocycles. The van der Waals surface area contributed by atoms with E-state index < -0.39 is 0 Å². The number of hydrogen-bond donors (Lipinski definition) is 1. The second kappa shape index (κ2) is 10.6.